The summed E-state index contributed by atoms with van der Waals surface area (Å²) < 4.78 is 6.04. The van der Waals surface area contributed by atoms with Gasteiger partial charge in [-0.25, -0.2) is 0 Å². The number of anilines is 2. The highest BCUT2D eigenvalue weighted by Gasteiger charge is 2.12. The van der Waals surface area contributed by atoms with Crippen LogP contribution in [0.3, 0.4) is 0 Å². The minimum atomic E-state index is 0.557. The van der Waals surface area contributed by atoms with Crippen molar-refractivity contribution in [2.45, 2.75) is 4.90 Å². The highest BCUT2D eigenvalue weighted by atomic mass is 79.9. The van der Waals surface area contributed by atoms with Gasteiger partial charge in [0.2, 0.25) is 0 Å². The molecule has 0 unspecified atom stereocenters. The molecule has 2 rings (SSSR count). The van der Waals surface area contributed by atoms with Crippen molar-refractivity contribution in [1.82, 2.24) is 0 Å². The third-order valence-electron chi connectivity index (χ3n) is 3.41. The van der Waals surface area contributed by atoms with Crippen LogP contribution in [-0.2, 0) is 0 Å². The summed E-state index contributed by atoms with van der Waals surface area (Å²) in [5, 5.41) is 3.27. The largest absolute Gasteiger partial charge is 0.495 e. The number of rotatable bonds is 6. The monoisotopic (exact) mass is 406 g/mol. The predicted molar refractivity (Wildman–Crippen MR) is 108 cm³/mol. The maximum atomic E-state index is 6.13. The number of aliphatic imine (C=N–C) groups is 1. The standard InChI is InChI=1S/C17H19BrN4OS/c1-21-14-6-10(4-5-17(14)24-3)22-15(9-19)11-7-12(18)16(23-2)8-13(11)20/h4-9,22H,1,19-20H2,2-3H3/b15-9+. The van der Waals surface area contributed by atoms with E-state index in [0.717, 1.165) is 26.3 Å². The second kappa shape index (κ2) is 8.12. The molecule has 24 heavy (non-hydrogen) atoms. The Hall–Kier alpha value is -2.12. The molecule has 126 valence electrons. The first-order valence-electron chi connectivity index (χ1n) is 7.01. The van der Waals surface area contributed by atoms with E-state index >= 15 is 0 Å². The summed E-state index contributed by atoms with van der Waals surface area (Å²) in [6, 6.07) is 9.47. The zero-order valence-electron chi connectivity index (χ0n) is 13.5. The van der Waals surface area contributed by atoms with Crippen LogP contribution in [0.4, 0.5) is 17.1 Å². The topological polar surface area (TPSA) is 85.7 Å². The molecule has 0 spiro atoms. The van der Waals surface area contributed by atoms with Gasteiger partial charge in [0.1, 0.15) is 5.75 Å². The predicted octanol–water partition coefficient (Wildman–Crippen LogP) is 4.46. The number of halogens is 1. The summed E-state index contributed by atoms with van der Waals surface area (Å²) in [7, 11) is 1.59. The second-order valence-electron chi connectivity index (χ2n) is 4.82. The molecule has 0 aromatic heterocycles. The van der Waals surface area contributed by atoms with E-state index < -0.39 is 0 Å². The first-order chi connectivity index (χ1) is 11.5. The lowest BCUT2D eigenvalue weighted by atomic mass is 10.1. The maximum absolute atomic E-state index is 6.13. The van der Waals surface area contributed by atoms with E-state index in [2.05, 4.69) is 33.0 Å². The minimum absolute atomic E-state index is 0.557. The lowest BCUT2D eigenvalue weighted by Gasteiger charge is -2.16. The summed E-state index contributed by atoms with van der Waals surface area (Å²) >= 11 is 5.08. The van der Waals surface area contributed by atoms with Gasteiger partial charge in [0.05, 0.1) is 23.0 Å². The average molecular weight is 407 g/mol. The van der Waals surface area contributed by atoms with E-state index in [9.17, 15) is 0 Å². The van der Waals surface area contributed by atoms with Gasteiger partial charge in [0.15, 0.2) is 0 Å². The Labute approximate surface area is 154 Å². The molecule has 0 radical (unpaired) electrons. The van der Waals surface area contributed by atoms with E-state index in [-0.39, 0.29) is 0 Å². The van der Waals surface area contributed by atoms with Crippen molar-refractivity contribution in [3.8, 4) is 5.75 Å². The molecule has 5 N–H and O–H groups in total. The van der Waals surface area contributed by atoms with Crippen molar-refractivity contribution in [2.24, 2.45) is 10.7 Å². The van der Waals surface area contributed by atoms with E-state index in [1.54, 1.807) is 24.9 Å². The van der Waals surface area contributed by atoms with Crippen LogP contribution in [0.2, 0.25) is 0 Å². The van der Waals surface area contributed by atoms with Gasteiger partial charge >= 0.3 is 0 Å². The van der Waals surface area contributed by atoms with Crippen LogP contribution in [0, 0.1) is 0 Å². The molecule has 0 heterocycles. The van der Waals surface area contributed by atoms with Crippen molar-refractivity contribution in [2.75, 3.05) is 24.4 Å². The maximum Gasteiger partial charge on any atom is 0.135 e. The molecule has 5 nitrogen and oxygen atoms in total. The number of thioether (sulfide) groups is 1. The van der Waals surface area contributed by atoms with Crippen LogP contribution < -0.4 is 21.5 Å². The normalized spacial score (nSPS) is 11.2. The third-order valence-corrected chi connectivity index (χ3v) is 4.81. The third kappa shape index (κ3) is 3.85. The summed E-state index contributed by atoms with van der Waals surface area (Å²) in [5.41, 5.74) is 15.6. The lowest BCUT2D eigenvalue weighted by molar-refractivity contribution is 0.412. The van der Waals surface area contributed by atoms with Crippen molar-refractivity contribution >= 4 is 57.2 Å². The number of hydrogen-bond acceptors (Lipinski definition) is 6. The molecule has 0 saturated heterocycles. The van der Waals surface area contributed by atoms with Gasteiger partial charge in [-0.15, -0.1) is 11.8 Å². The Balaban J connectivity index is 2.37. The fraction of sp³-hybridized carbons (Fsp3) is 0.118. The summed E-state index contributed by atoms with van der Waals surface area (Å²) in [4.78, 5) is 5.11. The molecule has 0 amide bonds. The highest BCUT2D eigenvalue weighted by molar-refractivity contribution is 9.10. The number of methoxy groups -OCH3 is 1. The quantitative estimate of drug-likeness (QED) is 0.374. The van der Waals surface area contributed by atoms with Crippen LogP contribution in [0.1, 0.15) is 5.56 Å². The van der Waals surface area contributed by atoms with Gasteiger partial charge in [-0.2, -0.15) is 0 Å². The molecular formula is C17H19BrN4OS. The van der Waals surface area contributed by atoms with Gasteiger partial charge in [-0.05, 0) is 53.2 Å². The van der Waals surface area contributed by atoms with Gasteiger partial charge < -0.3 is 21.5 Å². The molecule has 0 fully saturated rings. The molecule has 0 aliphatic carbocycles. The molecule has 7 heteroatoms. The lowest BCUT2D eigenvalue weighted by Crippen LogP contribution is -2.05. The van der Waals surface area contributed by atoms with Gasteiger partial charge in [0, 0.05) is 34.1 Å². The van der Waals surface area contributed by atoms with Gasteiger partial charge in [-0.1, -0.05) is 0 Å². The van der Waals surface area contributed by atoms with Crippen LogP contribution >= 0.6 is 27.7 Å². The number of nitrogens with one attached hydrogen (secondary N) is 1. The number of ether oxygens (including phenoxy) is 1. The Morgan fingerprint density at radius 3 is 2.71 bits per heavy atom. The molecular weight excluding hydrogens is 388 g/mol. The number of hydrogen-bond donors (Lipinski definition) is 3. The van der Waals surface area contributed by atoms with Gasteiger partial charge in [0.25, 0.3) is 0 Å². The van der Waals surface area contributed by atoms with E-state index in [4.69, 9.17) is 16.2 Å². The summed E-state index contributed by atoms with van der Waals surface area (Å²) in [6.45, 7) is 3.61. The fourth-order valence-corrected chi connectivity index (χ4v) is 3.25. The molecule has 0 aliphatic heterocycles. The molecule has 0 atom stereocenters. The van der Waals surface area contributed by atoms with Crippen molar-refractivity contribution in [3.63, 3.8) is 0 Å². The Morgan fingerprint density at radius 1 is 1.38 bits per heavy atom. The van der Waals surface area contributed by atoms with Crippen LogP contribution in [-0.4, -0.2) is 20.1 Å². The molecule has 2 aromatic carbocycles. The second-order valence-corrected chi connectivity index (χ2v) is 6.53. The highest BCUT2D eigenvalue weighted by Crippen LogP contribution is 2.35. The van der Waals surface area contributed by atoms with Crippen LogP contribution in [0.15, 0.2) is 50.9 Å². The van der Waals surface area contributed by atoms with Crippen molar-refractivity contribution in [1.29, 1.82) is 0 Å². The Morgan fingerprint density at radius 2 is 2.12 bits per heavy atom. The van der Waals surface area contributed by atoms with E-state index in [1.807, 2.05) is 30.5 Å². The Kier molecular flexibility index (Phi) is 6.16. The zero-order chi connectivity index (χ0) is 17.7. The Bertz CT molecular complexity index is 792. The molecule has 0 aliphatic rings. The summed E-state index contributed by atoms with van der Waals surface area (Å²) in [6.07, 6.45) is 3.48. The number of benzene rings is 2. The molecule has 0 bridgehead atoms. The van der Waals surface area contributed by atoms with Crippen molar-refractivity contribution < 1.29 is 4.74 Å². The van der Waals surface area contributed by atoms with E-state index in [0.29, 0.717) is 17.1 Å². The number of nitrogens with two attached hydrogens (primary N) is 2. The zero-order valence-corrected chi connectivity index (χ0v) is 15.9. The minimum Gasteiger partial charge on any atom is -0.495 e. The molecule has 2 aromatic rings. The van der Waals surface area contributed by atoms with Crippen LogP contribution in [0.25, 0.3) is 5.70 Å². The SMILES string of the molecule is C=Nc1cc(N/C(=C/N)c2cc(Br)c(OC)cc2N)ccc1SC. The van der Waals surface area contributed by atoms with Gasteiger partial charge in [-0.3, -0.25) is 4.99 Å². The smallest absolute Gasteiger partial charge is 0.135 e. The summed E-state index contributed by atoms with van der Waals surface area (Å²) in [5.74, 6) is 0.662. The van der Waals surface area contributed by atoms with Crippen molar-refractivity contribution in [3.05, 3.63) is 46.6 Å². The first-order valence-corrected chi connectivity index (χ1v) is 9.02. The van der Waals surface area contributed by atoms with Crippen LogP contribution in [0.5, 0.6) is 5.75 Å². The number of nitrogens with zero attached hydrogens (tertiary/aromatic N) is 1. The van der Waals surface area contributed by atoms with E-state index in [1.165, 1.54) is 6.20 Å². The molecule has 0 saturated carbocycles. The number of nitrogen functional groups attached to an aromatic ring is 1. The fourth-order valence-electron chi connectivity index (χ4n) is 2.20. The average Bonchev–Trinajstić information content (AvgIpc) is 2.61. The first kappa shape index (κ1) is 18.2.